The van der Waals surface area contributed by atoms with E-state index < -0.39 is 5.97 Å². The monoisotopic (exact) mass is 233 g/mol. The topological polar surface area (TPSA) is 52.3 Å². The Labute approximate surface area is 93.7 Å². The molecule has 2 N–H and O–H groups in total. The van der Waals surface area contributed by atoms with E-state index in [4.69, 9.17) is 5.73 Å². The summed E-state index contributed by atoms with van der Waals surface area (Å²) in [7, 11) is 0. The largest absolute Gasteiger partial charge is 0.379 e. The van der Waals surface area contributed by atoms with Gasteiger partial charge in [0.25, 0.3) is 0 Å². The van der Waals surface area contributed by atoms with Crippen molar-refractivity contribution in [2.45, 2.75) is 19.9 Å². The Hall–Kier alpha value is -1.13. The van der Waals surface area contributed by atoms with Gasteiger partial charge in [0.2, 0.25) is 0 Å². The van der Waals surface area contributed by atoms with Gasteiger partial charge in [-0.3, -0.25) is 0 Å². The molecule has 0 amide bonds. The maximum Gasteiger partial charge on any atom is 0.379 e. The van der Waals surface area contributed by atoms with Crippen LogP contribution in [0.4, 0.5) is 4.53 Å². The lowest BCUT2D eigenvalue weighted by Crippen LogP contribution is -2.08. The summed E-state index contributed by atoms with van der Waals surface area (Å²) in [6, 6.07) is 5.17. The smallest absolute Gasteiger partial charge is 0.326 e. The number of carbonyl (C=O) groups is 1. The second-order valence-electron chi connectivity index (χ2n) is 2.91. The van der Waals surface area contributed by atoms with Crippen molar-refractivity contribution in [1.29, 1.82) is 0 Å². The molecule has 0 bridgehead atoms. The minimum absolute atomic E-state index is 0. The average molecular weight is 234 g/mol. The molecule has 0 saturated heterocycles. The van der Waals surface area contributed by atoms with E-state index in [1.807, 2.05) is 13.0 Å². The summed E-state index contributed by atoms with van der Waals surface area (Å²) in [5.41, 5.74) is 7.14. The first-order valence-electron chi connectivity index (χ1n) is 4.37. The molecule has 84 valence electrons. The van der Waals surface area contributed by atoms with Crippen molar-refractivity contribution in [3.8, 4) is 0 Å². The first-order valence-corrected chi connectivity index (χ1v) is 4.37. The number of hydrogen-bond donors (Lipinski definition) is 1. The maximum atomic E-state index is 11.7. The highest BCUT2D eigenvalue weighted by atomic mass is 35.5. The highest BCUT2D eigenvalue weighted by Crippen LogP contribution is 2.13. The van der Waals surface area contributed by atoms with Crippen LogP contribution in [0.2, 0.25) is 0 Å². The van der Waals surface area contributed by atoms with Crippen molar-refractivity contribution >= 4 is 18.4 Å². The van der Waals surface area contributed by atoms with E-state index in [2.05, 4.69) is 4.94 Å². The Morgan fingerprint density at radius 1 is 1.53 bits per heavy atom. The Morgan fingerprint density at radius 2 is 2.20 bits per heavy atom. The van der Waals surface area contributed by atoms with Crippen LogP contribution in [0, 0.1) is 0 Å². The fraction of sp³-hybridized carbons (Fsp3) is 0.300. The number of aryl methyl sites for hydroxylation is 1. The molecule has 0 aliphatic rings. The molecule has 0 spiro atoms. The summed E-state index contributed by atoms with van der Waals surface area (Å²) >= 11 is 0. The van der Waals surface area contributed by atoms with Crippen molar-refractivity contribution < 1.29 is 14.3 Å². The molecule has 0 heterocycles. The summed E-state index contributed by atoms with van der Waals surface area (Å²) in [6.07, 6.45) is 0.775. The Kier molecular flexibility index (Phi) is 5.89. The molecule has 3 nitrogen and oxygen atoms in total. The van der Waals surface area contributed by atoms with E-state index in [0.29, 0.717) is 5.56 Å². The van der Waals surface area contributed by atoms with E-state index in [-0.39, 0.29) is 24.5 Å². The van der Waals surface area contributed by atoms with Gasteiger partial charge in [0.1, 0.15) is 0 Å². The Balaban J connectivity index is 0.00000196. The molecule has 0 aromatic heterocycles. The van der Waals surface area contributed by atoms with Gasteiger partial charge >= 0.3 is 5.97 Å². The zero-order valence-corrected chi connectivity index (χ0v) is 9.14. The van der Waals surface area contributed by atoms with E-state index in [1.165, 1.54) is 0 Å². The van der Waals surface area contributed by atoms with Crippen molar-refractivity contribution in [2.75, 3.05) is 0 Å². The van der Waals surface area contributed by atoms with Crippen LogP contribution in [0.15, 0.2) is 18.2 Å². The van der Waals surface area contributed by atoms with Crippen molar-refractivity contribution in [3.05, 3.63) is 34.9 Å². The normalized spacial score (nSPS) is 9.27. The fourth-order valence-electron chi connectivity index (χ4n) is 1.25. The Bertz CT molecular complexity index is 344. The van der Waals surface area contributed by atoms with Gasteiger partial charge < -0.3 is 5.73 Å². The summed E-state index contributed by atoms with van der Waals surface area (Å²) in [5.74, 6) is -0.985. The highest BCUT2D eigenvalue weighted by Gasteiger charge is 2.13. The van der Waals surface area contributed by atoms with E-state index >= 15 is 0 Å². The first-order chi connectivity index (χ1) is 6.72. The van der Waals surface area contributed by atoms with Gasteiger partial charge in [0.05, 0.1) is 5.56 Å². The molecule has 0 aliphatic carbocycles. The number of nitrogens with two attached hydrogens (primary N) is 1. The zero-order chi connectivity index (χ0) is 10.6. The summed E-state index contributed by atoms with van der Waals surface area (Å²) in [4.78, 5) is 14.2. The molecule has 0 saturated carbocycles. The van der Waals surface area contributed by atoms with Gasteiger partial charge in [-0.15, -0.1) is 12.4 Å². The minimum atomic E-state index is -0.985. The third-order valence-corrected chi connectivity index (χ3v) is 2.09. The molecule has 1 aromatic rings. The minimum Gasteiger partial charge on any atom is -0.326 e. The van der Waals surface area contributed by atoms with Gasteiger partial charge in [-0.2, -0.15) is 0 Å². The third-order valence-electron chi connectivity index (χ3n) is 2.09. The van der Waals surface area contributed by atoms with Crippen molar-refractivity contribution in [3.63, 3.8) is 0 Å². The van der Waals surface area contributed by atoms with Crippen LogP contribution in [-0.2, 0) is 17.9 Å². The van der Waals surface area contributed by atoms with Gasteiger partial charge in [-0.05, 0) is 23.6 Å². The highest BCUT2D eigenvalue weighted by molar-refractivity contribution is 5.90. The molecular formula is C10H13ClFNO2. The molecule has 0 aliphatic heterocycles. The third kappa shape index (κ3) is 3.18. The average Bonchev–Trinajstić information content (AvgIpc) is 2.27. The lowest BCUT2D eigenvalue weighted by molar-refractivity contribution is -0.0789. The van der Waals surface area contributed by atoms with Gasteiger partial charge in [0.15, 0.2) is 0 Å². The lowest BCUT2D eigenvalue weighted by Gasteiger charge is -2.05. The Morgan fingerprint density at radius 3 is 2.67 bits per heavy atom. The van der Waals surface area contributed by atoms with Crippen LogP contribution >= 0.6 is 12.4 Å². The molecule has 0 fully saturated rings. The summed E-state index contributed by atoms with van der Waals surface area (Å²) in [5, 5.41) is 0. The number of rotatable bonds is 3. The second kappa shape index (κ2) is 6.37. The predicted molar refractivity (Wildman–Crippen MR) is 57.5 cm³/mol. The van der Waals surface area contributed by atoms with Crippen molar-refractivity contribution in [1.82, 2.24) is 0 Å². The number of carbonyl (C=O) groups excluding carboxylic acids is 1. The molecular weight excluding hydrogens is 221 g/mol. The predicted octanol–water partition coefficient (Wildman–Crippen LogP) is 2.17. The van der Waals surface area contributed by atoms with Crippen LogP contribution in [-0.4, -0.2) is 5.97 Å². The van der Waals surface area contributed by atoms with Crippen LogP contribution < -0.4 is 5.73 Å². The molecule has 0 atom stereocenters. The molecule has 0 unspecified atom stereocenters. The fourth-order valence-corrected chi connectivity index (χ4v) is 1.25. The van der Waals surface area contributed by atoms with Gasteiger partial charge in [-0.25, -0.2) is 9.74 Å². The molecule has 1 aromatic carbocycles. The quantitative estimate of drug-likeness (QED) is 0.871. The standard InChI is InChI=1S/C10H12FNO2.ClH/c1-2-7-3-4-8(6-12)9(5-7)10(13)14-11;/h3-5H,2,6,12H2,1H3;1H. The van der Waals surface area contributed by atoms with Crippen LogP contribution in [0.25, 0.3) is 0 Å². The molecule has 15 heavy (non-hydrogen) atoms. The van der Waals surface area contributed by atoms with Gasteiger partial charge in [0, 0.05) is 11.1 Å². The summed E-state index contributed by atoms with van der Waals surface area (Å²) < 4.78 is 11.7. The van der Waals surface area contributed by atoms with Crippen LogP contribution in [0.3, 0.4) is 0 Å². The number of hydrogen-bond acceptors (Lipinski definition) is 3. The van der Waals surface area contributed by atoms with Crippen LogP contribution in [0.5, 0.6) is 0 Å². The molecule has 1 rings (SSSR count). The SMILES string of the molecule is CCc1ccc(CN)c(C(=O)OF)c1.Cl. The van der Waals surface area contributed by atoms with Crippen LogP contribution in [0.1, 0.15) is 28.4 Å². The maximum absolute atomic E-state index is 11.7. The van der Waals surface area contributed by atoms with Gasteiger partial charge in [-0.1, -0.05) is 19.1 Å². The second-order valence-corrected chi connectivity index (χ2v) is 2.91. The van der Waals surface area contributed by atoms with E-state index in [9.17, 15) is 9.32 Å². The number of halogens is 2. The summed E-state index contributed by atoms with van der Waals surface area (Å²) in [6.45, 7) is 2.14. The first kappa shape index (κ1) is 13.9. The van der Waals surface area contributed by atoms with E-state index in [0.717, 1.165) is 12.0 Å². The molecule has 0 radical (unpaired) electrons. The van der Waals surface area contributed by atoms with E-state index in [1.54, 1.807) is 12.1 Å². The lowest BCUT2D eigenvalue weighted by atomic mass is 10.0. The molecule has 5 heteroatoms. The zero-order valence-electron chi connectivity index (χ0n) is 8.33. The number of benzene rings is 1. The van der Waals surface area contributed by atoms with Crippen molar-refractivity contribution in [2.24, 2.45) is 5.73 Å².